The first-order valence-corrected chi connectivity index (χ1v) is 7.25. The van der Waals surface area contributed by atoms with E-state index in [2.05, 4.69) is 5.32 Å². The van der Waals surface area contributed by atoms with Crippen molar-refractivity contribution in [2.75, 3.05) is 26.1 Å². The molecule has 0 aromatic heterocycles. The van der Waals surface area contributed by atoms with Crippen molar-refractivity contribution in [3.8, 4) is 0 Å². The number of benzene rings is 1. The summed E-state index contributed by atoms with van der Waals surface area (Å²) in [6, 6.07) is 5.87. The minimum Gasteiger partial charge on any atom is -0.467 e. The van der Waals surface area contributed by atoms with Gasteiger partial charge in [0.25, 0.3) is 5.91 Å². The zero-order valence-electron chi connectivity index (χ0n) is 13.4. The number of carbonyl (C=O) groups is 3. The average Bonchev–Trinajstić information content (AvgIpc) is 2.98. The Hall–Kier alpha value is -2.41. The smallest absolute Gasteiger partial charge is 0.328 e. The number of anilines is 1. The van der Waals surface area contributed by atoms with Gasteiger partial charge in [0.15, 0.2) is 0 Å². The summed E-state index contributed by atoms with van der Waals surface area (Å²) < 4.78 is 10.0. The van der Waals surface area contributed by atoms with Crippen LogP contribution in [0.15, 0.2) is 24.3 Å². The molecule has 0 spiro atoms. The van der Waals surface area contributed by atoms with Crippen molar-refractivity contribution in [1.29, 1.82) is 0 Å². The summed E-state index contributed by atoms with van der Waals surface area (Å²) in [4.78, 5) is 37.0. The molecule has 1 saturated heterocycles. The molecular weight excluding hydrogens is 300 g/mol. The molecule has 23 heavy (non-hydrogen) atoms. The Labute approximate surface area is 134 Å². The number of carbonyl (C=O) groups excluding carboxylic acids is 3. The van der Waals surface area contributed by atoms with Crippen LogP contribution in [0.25, 0.3) is 0 Å². The lowest BCUT2D eigenvalue weighted by Gasteiger charge is -2.22. The second-order valence-corrected chi connectivity index (χ2v) is 5.35. The first-order chi connectivity index (χ1) is 11.0. The normalized spacial score (nSPS) is 20.2. The molecule has 2 rings (SSSR count). The predicted octanol–water partition coefficient (Wildman–Crippen LogP) is 1.05. The van der Waals surface area contributed by atoms with E-state index < -0.39 is 12.0 Å². The van der Waals surface area contributed by atoms with Gasteiger partial charge in [-0.1, -0.05) is 0 Å². The van der Waals surface area contributed by atoms with Crippen molar-refractivity contribution < 1.29 is 23.9 Å². The van der Waals surface area contributed by atoms with Gasteiger partial charge >= 0.3 is 5.97 Å². The molecule has 1 fully saturated rings. The largest absolute Gasteiger partial charge is 0.467 e. The summed E-state index contributed by atoms with van der Waals surface area (Å²) in [6.45, 7) is 1.75. The van der Waals surface area contributed by atoms with E-state index in [0.717, 1.165) is 0 Å². The van der Waals surface area contributed by atoms with Crippen LogP contribution >= 0.6 is 0 Å². The Morgan fingerprint density at radius 2 is 1.83 bits per heavy atom. The Balaban J connectivity index is 2.17. The third-order valence-electron chi connectivity index (χ3n) is 3.78. The first-order valence-electron chi connectivity index (χ1n) is 7.25. The van der Waals surface area contributed by atoms with Crippen molar-refractivity contribution >= 4 is 23.5 Å². The van der Waals surface area contributed by atoms with Gasteiger partial charge < -0.3 is 19.7 Å². The van der Waals surface area contributed by atoms with Crippen LogP contribution in [-0.2, 0) is 19.1 Å². The van der Waals surface area contributed by atoms with Gasteiger partial charge in [0.2, 0.25) is 5.91 Å². The fourth-order valence-electron chi connectivity index (χ4n) is 2.62. The van der Waals surface area contributed by atoms with Gasteiger partial charge in [-0.3, -0.25) is 9.59 Å². The summed E-state index contributed by atoms with van der Waals surface area (Å²) >= 11 is 0. The number of nitrogens with zero attached hydrogens (tertiary/aromatic N) is 1. The third kappa shape index (κ3) is 3.87. The van der Waals surface area contributed by atoms with Crippen LogP contribution in [-0.4, -0.2) is 55.6 Å². The molecule has 124 valence electrons. The molecule has 0 radical (unpaired) electrons. The molecule has 1 aromatic carbocycles. The van der Waals surface area contributed by atoms with Crippen LogP contribution in [0.2, 0.25) is 0 Å². The van der Waals surface area contributed by atoms with Gasteiger partial charge in [-0.2, -0.15) is 0 Å². The molecule has 2 amide bonds. The lowest BCUT2D eigenvalue weighted by Crippen LogP contribution is -2.41. The van der Waals surface area contributed by atoms with E-state index >= 15 is 0 Å². The summed E-state index contributed by atoms with van der Waals surface area (Å²) in [5.74, 6) is -0.903. The molecule has 1 aromatic rings. The topological polar surface area (TPSA) is 84.9 Å². The highest BCUT2D eigenvalue weighted by molar-refractivity contribution is 5.98. The molecule has 0 saturated carbocycles. The van der Waals surface area contributed by atoms with E-state index in [1.807, 2.05) is 0 Å². The van der Waals surface area contributed by atoms with Gasteiger partial charge in [-0.15, -0.1) is 0 Å². The fourth-order valence-corrected chi connectivity index (χ4v) is 2.62. The molecule has 0 aliphatic carbocycles. The molecule has 0 bridgehead atoms. The predicted molar refractivity (Wildman–Crippen MR) is 83.0 cm³/mol. The van der Waals surface area contributed by atoms with E-state index in [4.69, 9.17) is 9.47 Å². The number of hydrogen-bond acceptors (Lipinski definition) is 5. The maximum absolute atomic E-state index is 12.6. The Bertz CT molecular complexity index is 599. The summed E-state index contributed by atoms with van der Waals surface area (Å²) in [6.07, 6.45) is 0.223. The molecule has 7 heteroatoms. The second kappa shape index (κ2) is 7.23. The van der Waals surface area contributed by atoms with Crippen LogP contribution in [0.4, 0.5) is 5.69 Å². The van der Waals surface area contributed by atoms with Crippen molar-refractivity contribution in [3.63, 3.8) is 0 Å². The number of methoxy groups -OCH3 is 2. The highest BCUT2D eigenvalue weighted by Crippen LogP contribution is 2.24. The van der Waals surface area contributed by atoms with Gasteiger partial charge in [0, 0.05) is 38.2 Å². The first kappa shape index (κ1) is 17.0. The lowest BCUT2D eigenvalue weighted by molar-refractivity contribution is -0.145. The zero-order valence-corrected chi connectivity index (χ0v) is 13.4. The number of rotatable bonds is 4. The maximum atomic E-state index is 12.6. The van der Waals surface area contributed by atoms with Crippen molar-refractivity contribution in [3.05, 3.63) is 29.8 Å². The molecule has 1 N–H and O–H groups in total. The van der Waals surface area contributed by atoms with Crippen molar-refractivity contribution in [2.45, 2.75) is 25.5 Å². The van der Waals surface area contributed by atoms with E-state index in [-0.39, 0.29) is 17.9 Å². The Morgan fingerprint density at radius 3 is 2.35 bits per heavy atom. The molecule has 2 atom stereocenters. The van der Waals surface area contributed by atoms with Gasteiger partial charge in [-0.25, -0.2) is 4.79 Å². The van der Waals surface area contributed by atoms with E-state index in [0.29, 0.717) is 24.2 Å². The highest BCUT2D eigenvalue weighted by Gasteiger charge is 2.40. The Kier molecular flexibility index (Phi) is 5.33. The van der Waals surface area contributed by atoms with Gasteiger partial charge in [-0.05, 0) is 24.3 Å². The van der Waals surface area contributed by atoms with Crippen LogP contribution < -0.4 is 5.32 Å². The van der Waals surface area contributed by atoms with Crippen molar-refractivity contribution in [2.24, 2.45) is 0 Å². The number of nitrogens with one attached hydrogen (secondary N) is 1. The van der Waals surface area contributed by atoms with E-state index in [1.54, 1.807) is 31.4 Å². The quantitative estimate of drug-likeness (QED) is 0.838. The lowest BCUT2D eigenvalue weighted by atomic mass is 10.1. The second-order valence-electron chi connectivity index (χ2n) is 5.35. The summed E-state index contributed by atoms with van der Waals surface area (Å²) in [5.41, 5.74) is 1.04. The van der Waals surface area contributed by atoms with Crippen LogP contribution in [0.3, 0.4) is 0 Å². The number of hydrogen-bond donors (Lipinski definition) is 1. The Morgan fingerprint density at radius 1 is 1.17 bits per heavy atom. The number of ether oxygens (including phenoxy) is 2. The van der Waals surface area contributed by atoms with Gasteiger partial charge in [0.05, 0.1) is 13.2 Å². The molecule has 1 aliphatic rings. The van der Waals surface area contributed by atoms with Crippen LogP contribution in [0.1, 0.15) is 23.7 Å². The van der Waals surface area contributed by atoms with Gasteiger partial charge in [0.1, 0.15) is 6.04 Å². The van der Waals surface area contributed by atoms with E-state index in [1.165, 1.54) is 18.9 Å². The van der Waals surface area contributed by atoms with E-state index in [9.17, 15) is 14.4 Å². The summed E-state index contributed by atoms with van der Waals surface area (Å²) in [7, 11) is 2.85. The minimum absolute atomic E-state index is 0.183. The SMILES string of the molecule is COC(=O)[C@@H]1C[C@H](OC)CN1C(=O)c1ccc(NC(C)=O)cc1. The molecule has 7 nitrogen and oxygen atoms in total. The standard InChI is InChI=1S/C16H20N2O5/c1-10(19)17-12-6-4-11(5-7-12)15(20)18-9-13(22-2)8-14(18)16(21)23-3/h4-7,13-14H,8-9H2,1-3H3,(H,17,19)/t13-,14-/m0/s1. The van der Waals surface area contributed by atoms with Crippen LogP contribution in [0, 0.1) is 0 Å². The highest BCUT2D eigenvalue weighted by atomic mass is 16.5. The minimum atomic E-state index is -0.646. The number of amides is 2. The number of likely N-dealkylation sites (tertiary alicyclic amines) is 1. The maximum Gasteiger partial charge on any atom is 0.328 e. The molecule has 1 aliphatic heterocycles. The average molecular weight is 320 g/mol. The zero-order chi connectivity index (χ0) is 17.0. The molecule has 1 heterocycles. The summed E-state index contributed by atoms with van der Waals surface area (Å²) in [5, 5.41) is 2.63. The third-order valence-corrected chi connectivity index (χ3v) is 3.78. The number of esters is 1. The monoisotopic (exact) mass is 320 g/mol. The van der Waals surface area contributed by atoms with Crippen molar-refractivity contribution in [1.82, 2.24) is 4.90 Å². The molecule has 0 unspecified atom stereocenters. The fraction of sp³-hybridized carbons (Fsp3) is 0.438. The van der Waals surface area contributed by atoms with Crippen LogP contribution in [0.5, 0.6) is 0 Å². The molecular formula is C16H20N2O5.